The van der Waals surface area contributed by atoms with Gasteiger partial charge < -0.3 is 29.7 Å². The lowest BCUT2D eigenvalue weighted by molar-refractivity contribution is -0.384. The molecule has 2 unspecified atom stereocenters. The number of thioether (sulfide) groups is 1. The van der Waals surface area contributed by atoms with Gasteiger partial charge in [-0.2, -0.15) is 0 Å². The smallest absolute Gasteiger partial charge is 0.293 e. The number of aromatic nitrogens is 2. The highest BCUT2D eigenvalue weighted by Crippen LogP contribution is 2.44. The Hall–Kier alpha value is -7.79. The third-order valence-electron chi connectivity index (χ3n) is 16.4. The number of nitrogens with one attached hydrogen (secondary N) is 4. The molecule has 4 N–H and O–H groups in total. The molecule has 432 valence electrons. The van der Waals surface area contributed by atoms with E-state index >= 15 is 0 Å². The van der Waals surface area contributed by atoms with Crippen molar-refractivity contribution in [3.63, 3.8) is 0 Å². The van der Waals surface area contributed by atoms with E-state index in [0.29, 0.717) is 54.6 Å². The Morgan fingerprint density at radius 3 is 2.54 bits per heavy atom. The molecule has 2 atom stereocenters. The summed E-state index contributed by atoms with van der Waals surface area (Å²) in [5.41, 5.74) is 6.29. The highest BCUT2D eigenvalue weighted by Gasteiger charge is 2.40. The largest absolute Gasteiger partial charge is 0.455 e. The number of aromatic amines is 1. The van der Waals surface area contributed by atoms with E-state index in [1.54, 1.807) is 41.4 Å². The van der Waals surface area contributed by atoms with Gasteiger partial charge in [-0.1, -0.05) is 49.2 Å². The first-order valence-electron chi connectivity index (χ1n) is 27.8. The van der Waals surface area contributed by atoms with Gasteiger partial charge in [0.05, 0.1) is 27.3 Å². The molecular weight excluding hydrogens is 1120 g/mol. The van der Waals surface area contributed by atoms with Crippen molar-refractivity contribution in [1.82, 2.24) is 34.7 Å². The number of carbonyl (C=O) groups excluding carboxylic acids is 5. The van der Waals surface area contributed by atoms with Crippen LogP contribution in [0, 0.1) is 21.4 Å². The molecule has 4 aliphatic heterocycles. The number of nitro groups is 1. The molecule has 1 aliphatic carbocycles. The van der Waals surface area contributed by atoms with E-state index in [1.165, 1.54) is 57.8 Å². The molecule has 20 nitrogen and oxygen atoms in total. The number of piperazine rings is 1. The fraction of sp³-hybridized carbons (Fsp3) is 0.367. The zero-order valence-corrected chi connectivity index (χ0v) is 48.3. The van der Waals surface area contributed by atoms with Crippen molar-refractivity contribution in [2.75, 3.05) is 68.3 Å². The highest BCUT2D eigenvalue weighted by molar-refractivity contribution is 8.00. The minimum atomic E-state index is -4.69. The lowest BCUT2D eigenvalue weighted by atomic mass is 9.72. The number of hydrogen-bond acceptors (Lipinski definition) is 15. The van der Waals surface area contributed by atoms with E-state index in [9.17, 15) is 42.5 Å². The standard InChI is InChI=1S/C60H63ClN10O10S2/c1-60(2)20-18-40(47(30-60)38-8-10-41(61)11-9-38)34-67-23-25-68(26-24-67)42-12-14-46(52(28-42)81-43-27-39-19-21-62-56(39)64-32-43)57(74)66-83(79,80)44-13-15-49(51(29-44)71(77)78)63-31-37-5-4-22-69(33-37)55(73)36-82-53-7-3-6-45-48(53)35-70(59(45)76)50-16-17-54(72)65-58(50)75/h3,6-15,19,21,27-29,32,37,50,63H,4-5,16-18,20,22-26,30-31,33-36H2,1-2H3,(H,62,64)(H,66,74)(H,65,72,75). The molecule has 2 aromatic heterocycles. The molecule has 3 fully saturated rings. The Morgan fingerprint density at radius 2 is 1.76 bits per heavy atom. The number of ether oxygens (including phenoxy) is 1. The molecule has 5 aliphatic rings. The topological polar surface area (TPSA) is 250 Å². The summed E-state index contributed by atoms with van der Waals surface area (Å²) >= 11 is 7.57. The molecule has 6 heterocycles. The van der Waals surface area contributed by atoms with Crippen LogP contribution in [0.25, 0.3) is 16.6 Å². The SMILES string of the molecule is CC1(C)CCC(CN2CCN(c3ccc(C(=O)NS(=O)(=O)c4ccc(NCC5CCCN(C(=O)CSc6cccc7c6CN(C6CCC(=O)NC6=O)C7=O)C5)c([N+](=O)[O-])c4)c(Oc4cnc5[nH]ccc5c4)c3)CC2)=C(c2ccc(Cl)cc2)C1. The predicted octanol–water partition coefficient (Wildman–Crippen LogP) is 9.03. The maximum Gasteiger partial charge on any atom is 0.293 e. The number of hydrogen-bond donors (Lipinski definition) is 4. The Labute approximate surface area is 489 Å². The lowest BCUT2D eigenvalue weighted by Gasteiger charge is -2.39. The van der Waals surface area contributed by atoms with Gasteiger partial charge in [0.1, 0.15) is 28.9 Å². The number of imide groups is 1. The van der Waals surface area contributed by atoms with Crippen LogP contribution in [-0.4, -0.2) is 132 Å². The number of carbonyl (C=O) groups is 5. The number of nitrogens with zero attached hydrogens (tertiary/aromatic N) is 6. The number of sulfonamides is 1. The number of rotatable bonds is 17. The first kappa shape index (κ1) is 57.0. The van der Waals surface area contributed by atoms with Crippen molar-refractivity contribution in [3.05, 3.63) is 146 Å². The number of H-pyrrole nitrogens is 1. The van der Waals surface area contributed by atoms with E-state index in [2.05, 4.69) is 61.1 Å². The second-order valence-corrected chi connectivity index (χ2v) is 25.8. The van der Waals surface area contributed by atoms with Crippen LogP contribution in [0.3, 0.4) is 0 Å². The monoisotopic (exact) mass is 1180 g/mol. The fourth-order valence-electron chi connectivity index (χ4n) is 11.8. The predicted molar refractivity (Wildman–Crippen MR) is 316 cm³/mol. The Morgan fingerprint density at radius 1 is 0.952 bits per heavy atom. The molecule has 0 saturated carbocycles. The number of anilines is 2. The van der Waals surface area contributed by atoms with Crippen LogP contribution < -0.4 is 25.0 Å². The average Bonchev–Trinajstić information content (AvgIpc) is 4.02. The number of piperidine rings is 2. The zero-order chi connectivity index (χ0) is 58.2. The van der Waals surface area contributed by atoms with E-state index in [0.717, 1.165) is 72.9 Å². The second-order valence-electron chi connectivity index (χ2n) is 22.6. The maximum atomic E-state index is 14.2. The Kier molecular flexibility index (Phi) is 16.4. The van der Waals surface area contributed by atoms with Crippen molar-refractivity contribution in [3.8, 4) is 11.5 Å². The highest BCUT2D eigenvalue weighted by atomic mass is 35.5. The average molecular weight is 1180 g/mol. The Bertz CT molecular complexity index is 3710. The van der Waals surface area contributed by atoms with E-state index in [4.69, 9.17) is 16.3 Å². The summed E-state index contributed by atoms with van der Waals surface area (Å²) in [6, 6.07) is 24.6. The first-order valence-corrected chi connectivity index (χ1v) is 30.7. The molecule has 83 heavy (non-hydrogen) atoms. The van der Waals surface area contributed by atoms with Crippen LogP contribution >= 0.6 is 23.4 Å². The number of fused-ring (bicyclic) bond motifs is 2. The molecule has 6 aromatic rings. The van der Waals surface area contributed by atoms with Crippen LogP contribution in [-0.2, 0) is 31.0 Å². The maximum absolute atomic E-state index is 14.2. The number of benzene rings is 4. The quantitative estimate of drug-likeness (QED) is 0.0288. The van der Waals surface area contributed by atoms with Crippen molar-refractivity contribution >= 4 is 96.6 Å². The number of amides is 5. The Balaban J connectivity index is 0.732. The summed E-state index contributed by atoms with van der Waals surface area (Å²) < 4.78 is 36.5. The fourth-order valence-corrected chi connectivity index (χ4v) is 13.9. The molecule has 0 spiro atoms. The van der Waals surface area contributed by atoms with E-state index in [-0.39, 0.29) is 77.7 Å². The summed E-state index contributed by atoms with van der Waals surface area (Å²) in [4.78, 5) is 93.0. The molecule has 5 amide bonds. The normalized spacial score (nSPS) is 19.4. The summed E-state index contributed by atoms with van der Waals surface area (Å²) in [5, 5.41) is 19.4. The number of likely N-dealkylation sites (tertiary alicyclic amines) is 1. The summed E-state index contributed by atoms with van der Waals surface area (Å²) in [6.45, 7) is 9.77. The minimum Gasteiger partial charge on any atom is -0.455 e. The minimum absolute atomic E-state index is 0.0658. The summed E-state index contributed by atoms with van der Waals surface area (Å²) in [7, 11) is -4.69. The van der Waals surface area contributed by atoms with Gasteiger partial charge in [0, 0.05) is 110 Å². The van der Waals surface area contributed by atoms with Crippen LogP contribution in [0.5, 0.6) is 11.5 Å². The third kappa shape index (κ3) is 12.8. The molecule has 0 bridgehead atoms. The number of halogens is 1. The van der Waals surface area contributed by atoms with Gasteiger partial charge in [-0.3, -0.25) is 44.3 Å². The van der Waals surface area contributed by atoms with Crippen LogP contribution in [0.1, 0.15) is 90.6 Å². The number of pyridine rings is 1. The second kappa shape index (κ2) is 23.8. The number of allylic oxidation sites excluding steroid dienone is 1. The van der Waals surface area contributed by atoms with Gasteiger partial charge in [-0.05, 0) is 127 Å². The van der Waals surface area contributed by atoms with E-state index < -0.39 is 43.4 Å². The number of nitro benzene ring substituents is 1. The third-order valence-corrected chi connectivity index (χ3v) is 19.1. The van der Waals surface area contributed by atoms with Crippen molar-refractivity contribution in [2.45, 2.75) is 81.2 Å². The van der Waals surface area contributed by atoms with E-state index in [1.807, 2.05) is 24.3 Å². The van der Waals surface area contributed by atoms with Crippen molar-refractivity contribution < 1.29 is 42.1 Å². The van der Waals surface area contributed by atoms with Gasteiger partial charge in [-0.25, -0.2) is 18.1 Å². The lowest BCUT2D eigenvalue weighted by Crippen LogP contribution is -2.52. The molecular formula is C60H63ClN10O10S2. The molecule has 4 aromatic carbocycles. The van der Waals surface area contributed by atoms with Crippen molar-refractivity contribution in [2.24, 2.45) is 11.3 Å². The van der Waals surface area contributed by atoms with Gasteiger partial charge in [0.25, 0.3) is 27.5 Å². The first-order chi connectivity index (χ1) is 39.8. The molecule has 3 saturated heterocycles. The van der Waals surface area contributed by atoms with Gasteiger partial charge in [0.15, 0.2) is 0 Å². The molecule has 11 rings (SSSR count). The molecule has 23 heteroatoms. The summed E-state index contributed by atoms with van der Waals surface area (Å²) in [5.74, 6) is -1.90. The summed E-state index contributed by atoms with van der Waals surface area (Å²) in [6.07, 6.45) is 8.17. The van der Waals surface area contributed by atoms with Gasteiger partial charge in [0.2, 0.25) is 17.7 Å². The van der Waals surface area contributed by atoms with Gasteiger partial charge >= 0.3 is 0 Å². The van der Waals surface area contributed by atoms with Crippen LogP contribution in [0.4, 0.5) is 17.1 Å². The van der Waals surface area contributed by atoms with Crippen LogP contribution in [0.15, 0.2) is 119 Å². The molecule has 0 radical (unpaired) electrons. The van der Waals surface area contributed by atoms with Crippen molar-refractivity contribution in [1.29, 1.82) is 0 Å². The zero-order valence-electron chi connectivity index (χ0n) is 46.0. The van der Waals surface area contributed by atoms with Crippen LogP contribution in [0.2, 0.25) is 5.02 Å². The van der Waals surface area contributed by atoms with Gasteiger partial charge in [-0.15, -0.1) is 11.8 Å².